The molecule has 0 radical (unpaired) electrons. The Bertz CT molecular complexity index is 276. The van der Waals surface area contributed by atoms with Gasteiger partial charge in [0.05, 0.1) is 0 Å². The number of aliphatic hydroxyl groups excluding tert-OH is 1. The fraction of sp³-hybridized carbons (Fsp3) is 0.222. The zero-order chi connectivity index (χ0) is 10.3. The maximum atomic E-state index is 10.4. The van der Waals surface area contributed by atoms with Gasteiger partial charge in [-0.1, -0.05) is 15.9 Å². The molecule has 0 fully saturated rings. The van der Waals surface area contributed by atoms with Gasteiger partial charge in [-0.3, -0.25) is 4.79 Å². The van der Waals surface area contributed by atoms with Crippen LogP contribution in [0.3, 0.4) is 0 Å². The highest BCUT2D eigenvalue weighted by Crippen LogP contribution is 2.22. The minimum atomic E-state index is 0.697. The minimum absolute atomic E-state index is 0.697. The maximum Gasteiger partial charge on any atom is 0.151 e. The van der Waals surface area contributed by atoms with Crippen LogP contribution in [0.1, 0.15) is 10.4 Å². The van der Waals surface area contributed by atoms with Crippen molar-refractivity contribution in [3.63, 3.8) is 0 Å². The van der Waals surface area contributed by atoms with Crippen molar-refractivity contribution in [3.05, 3.63) is 28.2 Å². The van der Waals surface area contributed by atoms with Gasteiger partial charge < -0.3 is 5.11 Å². The van der Waals surface area contributed by atoms with Crippen LogP contribution in [0, 0.1) is 0 Å². The molecular weight excluding hydrogens is 252 g/mol. The molecule has 0 heterocycles. The first kappa shape index (κ1) is 12.7. The summed E-state index contributed by atoms with van der Waals surface area (Å²) in [6.45, 7) is 0. The highest BCUT2D eigenvalue weighted by atomic mass is 79.9. The van der Waals surface area contributed by atoms with E-state index in [1.165, 1.54) is 0 Å². The third-order valence-corrected chi connectivity index (χ3v) is 2.75. The van der Waals surface area contributed by atoms with Gasteiger partial charge in [-0.2, -0.15) is 0 Å². The second-order valence-electron chi connectivity index (χ2n) is 2.01. The molecule has 0 aliphatic carbocycles. The van der Waals surface area contributed by atoms with Crippen LogP contribution in [-0.2, 0) is 0 Å². The van der Waals surface area contributed by atoms with E-state index in [2.05, 4.69) is 15.9 Å². The van der Waals surface area contributed by atoms with Crippen LogP contribution in [0.2, 0.25) is 0 Å². The largest absolute Gasteiger partial charge is 0.400 e. The molecular formula is C9H11BrO2S. The van der Waals surface area contributed by atoms with E-state index in [0.717, 1.165) is 22.8 Å². The Morgan fingerprint density at radius 2 is 2.08 bits per heavy atom. The second-order valence-corrected chi connectivity index (χ2v) is 3.74. The molecule has 0 saturated heterocycles. The Kier molecular flexibility index (Phi) is 6.94. The molecule has 0 aromatic heterocycles. The van der Waals surface area contributed by atoms with Gasteiger partial charge in [-0.15, -0.1) is 11.8 Å². The summed E-state index contributed by atoms with van der Waals surface area (Å²) in [7, 11) is 1.00. The lowest BCUT2D eigenvalue weighted by molar-refractivity contribution is 0.112. The molecule has 0 atom stereocenters. The molecule has 0 bridgehead atoms. The van der Waals surface area contributed by atoms with Crippen LogP contribution in [0.4, 0.5) is 0 Å². The number of rotatable bonds is 2. The Morgan fingerprint density at radius 3 is 2.46 bits per heavy atom. The molecule has 0 saturated carbocycles. The van der Waals surface area contributed by atoms with Crippen LogP contribution in [0.5, 0.6) is 0 Å². The van der Waals surface area contributed by atoms with E-state index in [1.54, 1.807) is 11.8 Å². The summed E-state index contributed by atoms with van der Waals surface area (Å²) in [5.41, 5.74) is 0.697. The van der Waals surface area contributed by atoms with Crippen molar-refractivity contribution in [2.45, 2.75) is 4.90 Å². The quantitative estimate of drug-likeness (QED) is 0.658. The second kappa shape index (κ2) is 7.12. The number of hydrogen-bond donors (Lipinski definition) is 1. The van der Waals surface area contributed by atoms with Crippen LogP contribution in [0.15, 0.2) is 27.6 Å². The van der Waals surface area contributed by atoms with Crippen molar-refractivity contribution in [1.82, 2.24) is 0 Å². The van der Waals surface area contributed by atoms with E-state index in [-0.39, 0.29) is 0 Å². The molecule has 4 heteroatoms. The first-order valence-electron chi connectivity index (χ1n) is 3.51. The van der Waals surface area contributed by atoms with E-state index in [4.69, 9.17) is 5.11 Å². The Morgan fingerprint density at radius 1 is 1.46 bits per heavy atom. The highest BCUT2D eigenvalue weighted by molar-refractivity contribution is 9.10. The molecule has 1 rings (SSSR count). The van der Waals surface area contributed by atoms with Crippen LogP contribution in [-0.4, -0.2) is 24.8 Å². The fourth-order valence-corrected chi connectivity index (χ4v) is 1.79. The Balaban J connectivity index is 0.000000671. The molecule has 0 spiro atoms. The summed E-state index contributed by atoms with van der Waals surface area (Å²) in [6, 6.07) is 5.68. The van der Waals surface area contributed by atoms with Gasteiger partial charge in [0, 0.05) is 22.0 Å². The number of carbonyl (C=O) groups excluding carboxylic acids is 1. The van der Waals surface area contributed by atoms with Crippen LogP contribution in [0.25, 0.3) is 0 Å². The van der Waals surface area contributed by atoms with Gasteiger partial charge in [0.25, 0.3) is 0 Å². The summed E-state index contributed by atoms with van der Waals surface area (Å²) in [5.74, 6) is 0. The van der Waals surface area contributed by atoms with Crippen molar-refractivity contribution in [3.8, 4) is 0 Å². The average Bonchev–Trinajstić information content (AvgIpc) is 2.20. The zero-order valence-electron chi connectivity index (χ0n) is 7.45. The SMILES string of the molecule is CO.CSc1ccc(C=O)c(Br)c1. The number of benzene rings is 1. The molecule has 0 aliphatic heterocycles. The molecule has 72 valence electrons. The lowest BCUT2D eigenvalue weighted by Gasteiger charge is -1.98. The molecule has 1 aromatic carbocycles. The van der Waals surface area contributed by atoms with Gasteiger partial charge in [0.1, 0.15) is 0 Å². The summed E-state index contributed by atoms with van der Waals surface area (Å²) in [4.78, 5) is 11.5. The standard InChI is InChI=1S/C8H7BrOS.CH4O/c1-11-7-3-2-6(5-10)8(9)4-7;1-2/h2-5H,1H3;2H,1H3. The number of carbonyl (C=O) groups is 1. The molecule has 0 unspecified atom stereocenters. The van der Waals surface area contributed by atoms with Crippen molar-refractivity contribution < 1.29 is 9.90 Å². The summed E-state index contributed by atoms with van der Waals surface area (Å²) in [5, 5.41) is 7.00. The first-order valence-corrected chi connectivity index (χ1v) is 5.53. The van der Waals surface area contributed by atoms with Gasteiger partial charge in [0.15, 0.2) is 6.29 Å². The minimum Gasteiger partial charge on any atom is -0.400 e. The van der Waals surface area contributed by atoms with Crippen molar-refractivity contribution in [1.29, 1.82) is 0 Å². The van der Waals surface area contributed by atoms with Crippen LogP contribution >= 0.6 is 27.7 Å². The lowest BCUT2D eigenvalue weighted by atomic mass is 10.2. The van der Waals surface area contributed by atoms with E-state index in [1.807, 2.05) is 24.5 Å². The van der Waals surface area contributed by atoms with Gasteiger partial charge in [-0.25, -0.2) is 0 Å². The third-order valence-electron chi connectivity index (χ3n) is 1.33. The number of aldehydes is 1. The third kappa shape index (κ3) is 3.93. The normalized spacial score (nSPS) is 8.62. The number of hydrogen-bond acceptors (Lipinski definition) is 3. The topological polar surface area (TPSA) is 37.3 Å². The smallest absolute Gasteiger partial charge is 0.151 e. The molecule has 1 N–H and O–H groups in total. The zero-order valence-corrected chi connectivity index (χ0v) is 9.85. The average molecular weight is 263 g/mol. The monoisotopic (exact) mass is 262 g/mol. The molecule has 1 aromatic rings. The van der Waals surface area contributed by atoms with Crippen molar-refractivity contribution in [2.75, 3.05) is 13.4 Å². The van der Waals surface area contributed by atoms with Gasteiger partial charge >= 0.3 is 0 Å². The number of thioether (sulfide) groups is 1. The first-order chi connectivity index (χ1) is 6.27. The van der Waals surface area contributed by atoms with Crippen LogP contribution < -0.4 is 0 Å². The lowest BCUT2D eigenvalue weighted by Crippen LogP contribution is -1.81. The van der Waals surface area contributed by atoms with E-state index in [9.17, 15) is 4.79 Å². The molecule has 0 amide bonds. The number of aliphatic hydroxyl groups is 1. The summed E-state index contributed by atoms with van der Waals surface area (Å²) in [6.07, 6.45) is 2.84. The van der Waals surface area contributed by atoms with E-state index < -0.39 is 0 Å². The number of halogens is 1. The predicted octanol–water partition coefficient (Wildman–Crippen LogP) is 2.59. The van der Waals surface area contributed by atoms with E-state index >= 15 is 0 Å². The molecule has 2 nitrogen and oxygen atoms in total. The van der Waals surface area contributed by atoms with Crippen molar-refractivity contribution in [2.24, 2.45) is 0 Å². The molecule has 13 heavy (non-hydrogen) atoms. The maximum absolute atomic E-state index is 10.4. The Hall–Kier alpha value is -0.320. The highest BCUT2D eigenvalue weighted by Gasteiger charge is 1.98. The Labute approximate surface area is 90.5 Å². The van der Waals surface area contributed by atoms with Crippen molar-refractivity contribution >= 4 is 34.0 Å². The van der Waals surface area contributed by atoms with Gasteiger partial charge in [0.2, 0.25) is 0 Å². The van der Waals surface area contributed by atoms with E-state index in [0.29, 0.717) is 5.56 Å². The molecule has 0 aliphatic rings. The summed E-state index contributed by atoms with van der Waals surface area (Å²) < 4.78 is 0.861. The van der Waals surface area contributed by atoms with Gasteiger partial charge in [-0.05, 0) is 24.5 Å². The predicted molar refractivity (Wildman–Crippen MR) is 59.5 cm³/mol. The summed E-state index contributed by atoms with van der Waals surface area (Å²) >= 11 is 4.96. The fourth-order valence-electron chi connectivity index (χ4n) is 0.730.